The summed E-state index contributed by atoms with van der Waals surface area (Å²) in [5, 5.41) is 12.4. The predicted octanol–water partition coefficient (Wildman–Crippen LogP) is 3.30. The monoisotopic (exact) mass is 403 g/mol. The Morgan fingerprint density at radius 1 is 1.04 bits per heavy atom. The number of phenolic OH excluding ortho intramolecular Hbond substituents is 1. The normalized spacial score (nSPS) is 16.5. The summed E-state index contributed by atoms with van der Waals surface area (Å²) < 4.78 is 0.990. The van der Waals surface area contributed by atoms with E-state index in [2.05, 4.69) is 31.0 Å². The Balaban J connectivity index is 1.53. The van der Waals surface area contributed by atoms with E-state index in [0.29, 0.717) is 0 Å². The first-order valence-corrected chi connectivity index (χ1v) is 9.17. The van der Waals surface area contributed by atoms with E-state index in [1.165, 1.54) is 0 Å². The van der Waals surface area contributed by atoms with Crippen LogP contribution in [0, 0.1) is 0 Å². The topological polar surface area (TPSA) is 55.8 Å². The van der Waals surface area contributed by atoms with Gasteiger partial charge in [0.05, 0.1) is 6.04 Å². The fraction of sp³-hybridized carbons (Fsp3) is 0.316. The third-order valence-corrected chi connectivity index (χ3v) is 5.10. The highest BCUT2D eigenvalue weighted by Gasteiger charge is 2.25. The van der Waals surface area contributed by atoms with Crippen LogP contribution < -0.4 is 10.2 Å². The third kappa shape index (κ3) is 4.52. The van der Waals surface area contributed by atoms with Crippen molar-refractivity contribution in [3.63, 3.8) is 0 Å². The van der Waals surface area contributed by atoms with Gasteiger partial charge >= 0.3 is 0 Å². The minimum Gasteiger partial charge on any atom is -0.508 e. The Morgan fingerprint density at radius 3 is 2.24 bits per heavy atom. The number of anilines is 2. The molecule has 1 aliphatic rings. The lowest BCUT2D eigenvalue weighted by Crippen LogP contribution is -2.52. The quantitative estimate of drug-likeness (QED) is 0.821. The molecule has 3 rings (SSSR count). The maximum atomic E-state index is 12.5. The molecule has 0 aromatic heterocycles. The number of nitrogens with one attached hydrogen (secondary N) is 1. The van der Waals surface area contributed by atoms with Gasteiger partial charge in [-0.25, -0.2) is 0 Å². The Bertz CT molecular complexity index is 710. The molecular formula is C19H22BrN3O2. The molecule has 1 heterocycles. The second-order valence-electron chi connectivity index (χ2n) is 6.21. The average molecular weight is 404 g/mol. The molecule has 2 N–H and O–H groups in total. The first-order valence-electron chi connectivity index (χ1n) is 8.37. The van der Waals surface area contributed by atoms with Crippen molar-refractivity contribution in [2.75, 3.05) is 36.4 Å². The molecule has 1 atom stereocenters. The lowest BCUT2D eigenvalue weighted by molar-refractivity contribution is -0.120. The molecular weight excluding hydrogens is 382 g/mol. The number of hydrogen-bond acceptors (Lipinski definition) is 4. The second-order valence-corrected chi connectivity index (χ2v) is 7.13. The molecule has 1 amide bonds. The molecule has 1 aliphatic heterocycles. The van der Waals surface area contributed by atoms with Crippen molar-refractivity contribution in [2.24, 2.45) is 0 Å². The summed E-state index contributed by atoms with van der Waals surface area (Å²) in [5.41, 5.74) is 1.91. The standard InChI is InChI=1S/C19H22BrN3O2/c1-14(19(25)21-16-4-2-15(20)3-5-16)22-10-12-23(13-11-22)17-6-8-18(24)9-7-17/h2-9,14,24H,10-13H2,1H3,(H,21,25)/t14-/m0/s1. The Labute approximate surface area is 156 Å². The van der Waals surface area contributed by atoms with Crippen molar-refractivity contribution in [1.82, 2.24) is 4.90 Å². The summed E-state index contributed by atoms with van der Waals surface area (Å²) in [6.07, 6.45) is 0. The van der Waals surface area contributed by atoms with Gasteiger partial charge in [-0.05, 0) is 55.5 Å². The fourth-order valence-electron chi connectivity index (χ4n) is 2.98. The van der Waals surface area contributed by atoms with E-state index >= 15 is 0 Å². The van der Waals surface area contributed by atoms with Crippen LogP contribution in [0.4, 0.5) is 11.4 Å². The molecule has 6 heteroatoms. The van der Waals surface area contributed by atoms with E-state index in [-0.39, 0.29) is 17.7 Å². The van der Waals surface area contributed by atoms with Crippen LogP contribution in [0.2, 0.25) is 0 Å². The first-order chi connectivity index (χ1) is 12.0. The third-order valence-electron chi connectivity index (χ3n) is 4.57. The number of aromatic hydroxyl groups is 1. The van der Waals surface area contributed by atoms with Crippen LogP contribution in [-0.2, 0) is 4.79 Å². The molecule has 0 bridgehead atoms. The Hall–Kier alpha value is -2.05. The van der Waals surface area contributed by atoms with Crippen molar-refractivity contribution in [3.8, 4) is 5.75 Å². The number of halogens is 1. The summed E-state index contributed by atoms with van der Waals surface area (Å²) in [7, 11) is 0. The minimum absolute atomic E-state index is 0.0143. The molecule has 132 valence electrons. The molecule has 0 unspecified atom stereocenters. The van der Waals surface area contributed by atoms with Gasteiger partial charge in [-0.3, -0.25) is 9.69 Å². The van der Waals surface area contributed by atoms with Crippen LogP contribution in [0.15, 0.2) is 53.0 Å². The molecule has 0 aliphatic carbocycles. The van der Waals surface area contributed by atoms with E-state index in [1.807, 2.05) is 43.3 Å². The van der Waals surface area contributed by atoms with Crippen molar-refractivity contribution in [3.05, 3.63) is 53.0 Å². The number of carbonyl (C=O) groups is 1. The van der Waals surface area contributed by atoms with E-state index in [1.54, 1.807) is 12.1 Å². The first kappa shape index (κ1) is 17.8. The lowest BCUT2D eigenvalue weighted by Gasteiger charge is -2.38. The summed E-state index contributed by atoms with van der Waals surface area (Å²) in [6, 6.07) is 14.7. The summed E-state index contributed by atoms with van der Waals surface area (Å²) in [6.45, 7) is 5.33. The number of amides is 1. The number of nitrogens with zero attached hydrogens (tertiary/aromatic N) is 2. The average Bonchev–Trinajstić information content (AvgIpc) is 2.64. The van der Waals surface area contributed by atoms with Gasteiger partial charge < -0.3 is 15.3 Å². The van der Waals surface area contributed by atoms with Gasteiger partial charge in [0.1, 0.15) is 5.75 Å². The number of benzene rings is 2. The highest BCUT2D eigenvalue weighted by molar-refractivity contribution is 9.10. The zero-order valence-corrected chi connectivity index (χ0v) is 15.7. The van der Waals surface area contributed by atoms with Gasteiger partial charge in [-0.2, -0.15) is 0 Å². The molecule has 0 spiro atoms. The van der Waals surface area contributed by atoms with Gasteiger partial charge in [0.25, 0.3) is 0 Å². The van der Waals surface area contributed by atoms with Gasteiger partial charge in [0.15, 0.2) is 0 Å². The van der Waals surface area contributed by atoms with Crippen LogP contribution in [0.25, 0.3) is 0 Å². The molecule has 2 aromatic rings. The van der Waals surface area contributed by atoms with Crippen LogP contribution in [0.3, 0.4) is 0 Å². The van der Waals surface area contributed by atoms with Crippen LogP contribution >= 0.6 is 15.9 Å². The van der Waals surface area contributed by atoms with Crippen molar-refractivity contribution in [1.29, 1.82) is 0 Å². The molecule has 5 nitrogen and oxygen atoms in total. The number of hydrogen-bond donors (Lipinski definition) is 2. The predicted molar refractivity (Wildman–Crippen MR) is 104 cm³/mol. The minimum atomic E-state index is -0.175. The molecule has 0 saturated carbocycles. The van der Waals surface area contributed by atoms with E-state index in [9.17, 15) is 9.90 Å². The van der Waals surface area contributed by atoms with Gasteiger partial charge in [0.2, 0.25) is 5.91 Å². The molecule has 2 aromatic carbocycles. The number of rotatable bonds is 4. The van der Waals surface area contributed by atoms with Crippen LogP contribution in [0.1, 0.15) is 6.92 Å². The highest BCUT2D eigenvalue weighted by Crippen LogP contribution is 2.21. The van der Waals surface area contributed by atoms with Gasteiger partial charge in [-0.15, -0.1) is 0 Å². The summed E-state index contributed by atoms with van der Waals surface area (Å²) >= 11 is 3.39. The maximum absolute atomic E-state index is 12.5. The highest BCUT2D eigenvalue weighted by atomic mass is 79.9. The lowest BCUT2D eigenvalue weighted by atomic mass is 10.2. The smallest absolute Gasteiger partial charge is 0.241 e. The largest absolute Gasteiger partial charge is 0.508 e. The maximum Gasteiger partial charge on any atom is 0.241 e. The Kier molecular flexibility index (Phi) is 5.60. The van der Waals surface area contributed by atoms with E-state index in [0.717, 1.165) is 42.0 Å². The number of piperazine rings is 1. The fourth-order valence-corrected chi connectivity index (χ4v) is 3.24. The zero-order valence-electron chi connectivity index (χ0n) is 14.2. The van der Waals surface area contributed by atoms with Crippen molar-refractivity contribution in [2.45, 2.75) is 13.0 Å². The molecule has 1 saturated heterocycles. The second kappa shape index (κ2) is 7.89. The number of phenols is 1. The zero-order chi connectivity index (χ0) is 17.8. The Morgan fingerprint density at radius 2 is 1.64 bits per heavy atom. The molecule has 0 radical (unpaired) electrons. The van der Waals surface area contributed by atoms with Crippen LogP contribution in [-0.4, -0.2) is 48.1 Å². The van der Waals surface area contributed by atoms with E-state index < -0.39 is 0 Å². The SMILES string of the molecule is C[C@@H](C(=O)Nc1ccc(Br)cc1)N1CCN(c2ccc(O)cc2)CC1. The van der Waals surface area contributed by atoms with Gasteiger partial charge in [0, 0.05) is 42.0 Å². The van der Waals surface area contributed by atoms with Gasteiger partial charge in [-0.1, -0.05) is 15.9 Å². The number of carbonyl (C=O) groups excluding carboxylic acids is 1. The van der Waals surface area contributed by atoms with Crippen molar-refractivity contribution < 1.29 is 9.90 Å². The van der Waals surface area contributed by atoms with E-state index in [4.69, 9.17) is 0 Å². The molecule has 1 fully saturated rings. The van der Waals surface area contributed by atoms with Crippen molar-refractivity contribution >= 4 is 33.2 Å². The molecule has 25 heavy (non-hydrogen) atoms. The van der Waals surface area contributed by atoms with Crippen LogP contribution in [0.5, 0.6) is 5.75 Å². The summed E-state index contributed by atoms with van der Waals surface area (Å²) in [5.74, 6) is 0.293. The summed E-state index contributed by atoms with van der Waals surface area (Å²) in [4.78, 5) is 17.0.